The van der Waals surface area contributed by atoms with Crippen LogP contribution in [0, 0.1) is 6.92 Å². The Bertz CT molecular complexity index is 1210. The SMILES string of the molecule is Cc1ccc(C(C)C)c(OCc2nc3ccccc3n2Cc2ccc(C(C)(C)C)cc2)c1. The fraction of sp³-hybridized carbons (Fsp3) is 0.345. The Morgan fingerprint density at radius 3 is 2.34 bits per heavy atom. The molecule has 0 saturated carbocycles. The molecule has 0 fully saturated rings. The van der Waals surface area contributed by atoms with Crippen LogP contribution in [-0.2, 0) is 18.6 Å². The molecule has 0 unspecified atom stereocenters. The summed E-state index contributed by atoms with van der Waals surface area (Å²) >= 11 is 0. The average molecular weight is 427 g/mol. The summed E-state index contributed by atoms with van der Waals surface area (Å²) in [5, 5.41) is 0. The highest BCUT2D eigenvalue weighted by atomic mass is 16.5. The molecule has 0 saturated heterocycles. The van der Waals surface area contributed by atoms with Gasteiger partial charge in [0.25, 0.3) is 0 Å². The van der Waals surface area contributed by atoms with Crippen LogP contribution in [-0.4, -0.2) is 9.55 Å². The van der Waals surface area contributed by atoms with E-state index in [1.807, 2.05) is 6.07 Å². The van der Waals surface area contributed by atoms with Crippen molar-refractivity contribution in [3.8, 4) is 5.75 Å². The fourth-order valence-corrected chi connectivity index (χ4v) is 4.09. The Labute approximate surface area is 192 Å². The molecule has 4 aromatic rings. The van der Waals surface area contributed by atoms with Crippen molar-refractivity contribution in [2.75, 3.05) is 0 Å². The Hall–Kier alpha value is -3.07. The first kappa shape index (κ1) is 22.1. The lowest BCUT2D eigenvalue weighted by Crippen LogP contribution is -2.12. The van der Waals surface area contributed by atoms with Crippen LogP contribution in [0.15, 0.2) is 66.7 Å². The second-order valence-electron chi connectivity index (χ2n) is 10.0. The maximum absolute atomic E-state index is 6.35. The maximum Gasteiger partial charge on any atom is 0.148 e. The van der Waals surface area contributed by atoms with Gasteiger partial charge in [-0.05, 0) is 58.7 Å². The average Bonchev–Trinajstić information content (AvgIpc) is 3.09. The van der Waals surface area contributed by atoms with Crippen LogP contribution in [0.1, 0.15) is 68.6 Å². The molecule has 1 heterocycles. The molecule has 0 amide bonds. The van der Waals surface area contributed by atoms with Crippen molar-refractivity contribution in [2.24, 2.45) is 0 Å². The lowest BCUT2D eigenvalue weighted by atomic mass is 9.87. The van der Waals surface area contributed by atoms with E-state index in [0.717, 1.165) is 29.2 Å². The second-order valence-corrected chi connectivity index (χ2v) is 10.0. The van der Waals surface area contributed by atoms with Gasteiger partial charge >= 0.3 is 0 Å². The summed E-state index contributed by atoms with van der Waals surface area (Å²) in [4.78, 5) is 4.92. The number of rotatable bonds is 6. The molecule has 166 valence electrons. The number of para-hydroxylation sites is 2. The van der Waals surface area contributed by atoms with Gasteiger partial charge in [0.05, 0.1) is 11.0 Å². The van der Waals surface area contributed by atoms with Crippen LogP contribution in [0.25, 0.3) is 11.0 Å². The minimum Gasteiger partial charge on any atom is -0.485 e. The van der Waals surface area contributed by atoms with E-state index >= 15 is 0 Å². The van der Waals surface area contributed by atoms with Crippen LogP contribution in [0.2, 0.25) is 0 Å². The van der Waals surface area contributed by atoms with E-state index in [0.29, 0.717) is 12.5 Å². The number of fused-ring (bicyclic) bond motifs is 1. The number of benzene rings is 3. The topological polar surface area (TPSA) is 27.1 Å². The molecule has 3 nitrogen and oxygen atoms in total. The summed E-state index contributed by atoms with van der Waals surface area (Å²) in [6, 6.07) is 23.7. The van der Waals surface area contributed by atoms with Crippen molar-refractivity contribution in [1.82, 2.24) is 9.55 Å². The van der Waals surface area contributed by atoms with E-state index in [1.54, 1.807) is 0 Å². The van der Waals surface area contributed by atoms with Gasteiger partial charge in [0.15, 0.2) is 0 Å². The minimum atomic E-state index is 0.154. The third-order valence-electron chi connectivity index (χ3n) is 6.04. The van der Waals surface area contributed by atoms with Gasteiger partial charge in [-0.15, -0.1) is 0 Å². The maximum atomic E-state index is 6.35. The summed E-state index contributed by atoms with van der Waals surface area (Å²) in [6.45, 7) is 14.5. The van der Waals surface area contributed by atoms with Crippen LogP contribution in [0.3, 0.4) is 0 Å². The summed E-state index contributed by atoms with van der Waals surface area (Å²) in [5.41, 5.74) is 7.35. The molecule has 4 rings (SSSR count). The van der Waals surface area contributed by atoms with Gasteiger partial charge in [0.1, 0.15) is 18.2 Å². The van der Waals surface area contributed by atoms with Gasteiger partial charge in [0.2, 0.25) is 0 Å². The first-order chi connectivity index (χ1) is 15.2. The number of hydrogen-bond acceptors (Lipinski definition) is 2. The molecule has 0 bridgehead atoms. The molecule has 0 radical (unpaired) electrons. The largest absolute Gasteiger partial charge is 0.485 e. The predicted octanol–water partition coefficient (Wildman–Crippen LogP) is 7.39. The minimum absolute atomic E-state index is 0.154. The highest BCUT2D eigenvalue weighted by Crippen LogP contribution is 2.29. The molecule has 32 heavy (non-hydrogen) atoms. The van der Waals surface area contributed by atoms with Crippen molar-refractivity contribution in [1.29, 1.82) is 0 Å². The summed E-state index contributed by atoms with van der Waals surface area (Å²) in [5.74, 6) is 2.31. The lowest BCUT2D eigenvalue weighted by molar-refractivity contribution is 0.287. The molecule has 0 atom stereocenters. The number of aromatic nitrogens is 2. The van der Waals surface area contributed by atoms with Crippen molar-refractivity contribution >= 4 is 11.0 Å². The summed E-state index contributed by atoms with van der Waals surface area (Å²) in [7, 11) is 0. The van der Waals surface area contributed by atoms with Crippen LogP contribution < -0.4 is 4.74 Å². The molecule has 0 aliphatic rings. The zero-order chi connectivity index (χ0) is 22.9. The van der Waals surface area contributed by atoms with E-state index in [4.69, 9.17) is 9.72 Å². The van der Waals surface area contributed by atoms with E-state index in [2.05, 4.69) is 107 Å². The first-order valence-corrected chi connectivity index (χ1v) is 11.5. The molecular weight excluding hydrogens is 392 g/mol. The van der Waals surface area contributed by atoms with Gasteiger partial charge in [-0.2, -0.15) is 0 Å². The Balaban J connectivity index is 1.65. The summed E-state index contributed by atoms with van der Waals surface area (Å²) in [6.07, 6.45) is 0. The van der Waals surface area contributed by atoms with Gasteiger partial charge in [0, 0.05) is 6.54 Å². The molecule has 0 N–H and O–H groups in total. The van der Waals surface area contributed by atoms with Crippen molar-refractivity contribution in [3.05, 3.63) is 94.8 Å². The number of nitrogens with zero attached hydrogens (tertiary/aromatic N) is 2. The Morgan fingerprint density at radius 2 is 1.66 bits per heavy atom. The van der Waals surface area contributed by atoms with Crippen LogP contribution in [0.4, 0.5) is 0 Å². The molecule has 3 aromatic carbocycles. The lowest BCUT2D eigenvalue weighted by Gasteiger charge is -2.19. The molecule has 0 spiro atoms. The standard InChI is InChI=1S/C29H34N2O/c1-20(2)24-16-11-21(3)17-27(24)32-19-28-30-25-9-7-8-10-26(25)31(28)18-22-12-14-23(15-13-22)29(4,5)6/h7-17,20H,18-19H2,1-6H3. The van der Waals surface area contributed by atoms with Gasteiger partial charge < -0.3 is 9.30 Å². The van der Waals surface area contributed by atoms with E-state index in [-0.39, 0.29) is 5.41 Å². The molecule has 0 aliphatic heterocycles. The highest BCUT2D eigenvalue weighted by Gasteiger charge is 2.16. The number of imidazole rings is 1. The predicted molar refractivity (Wildman–Crippen MR) is 134 cm³/mol. The zero-order valence-corrected chi connectivity index (χ0v) is 20.1. The zero-order valence-electron chi connectivity index (χ0n) is 20.1. The van der Waals surface area contributed by atoms with E-state index < -0.39 is 0 Å². The second kappa shape index (κ2) is 8.82. The smallest absolute Gasteiger partial charge is 0.148 e. The van der Waals surface area contributed by atoms with Crippen LogP contribution in [0.5, 0.6) is 5.75 Å². The third kappa shape index (κ3) is 4.72. The number of aryl methyl sites for hydroxylation is 1. The fourth-order valence-electron chi connectivity index (χ4n) is 4.09. The quantitative estimate of drug-likeness (QED) is 0.321. The van der Waals surface area contributed by atoms with E-state index in [1.165, 1.54) is 22.3 Å². The monoisotopic (exact) mass is 426 g/mol. The van der Waals surface area contributed by atoms with Gasteiger partial charge in [-0.25, -0.2) is 4.98 Å². The molecule has 1 aromatic heterocycles. The highest BCUT2D eigenvalue weighted by molar-refractivity contribution is 5.76. The van der Waals surface area contributed by atoms with Crippen molar-refractivity contribution in [2.45, 2.75) is 66.0 Å². The Morgan fingerprint density at radius 1 is 0.938 bits per heavy atom. The third-order valence-corrected chi connectivity index (χ3v) is 6.04. The van der Waals surface area contributed by atoms with Crippen molar-refractivity contribution in [3.63, 3.8) is 0 Å². The van der Waals surface area contributed by atoms with Crippen molar-refractivity contribution < 1.29 is 4.74 Å². The van der Waals surface area contributed by atoms with Crippen LogP contribution >= 0.6 is 0 Å². The van der Waals surface area contributed by atoms with Gasteiger partial charge in [-0.3, -0.25) is 0 Å². The molecule has 0 aliphatic carbocycles. The molecule has 3 heteroatoms. The first-order valence-electron chi connectivity index (χ1n) is 11.5. The Kier molecular flexibility index (Phi) is 6.10. The molecular formula is C29H34N2O. The summed E-state index contributed by atoms with van der Waals surface area (Å²) < 4.78 is 8.64. The van der Waals surface area contributed by atoms with E-state index in [9.17, 15) is 0 Å². The van der Waals surface area contributed by atoms with Gasteiger partial charge in [-0.1, -0.05) is 83.1 Å². The normalized spacial score (nSPS) is 12.0. The number of ether oxygens (including phenoxy) is 1. The number of hydrogen-bond donors (Lipinski definition) is 0.